The molecular formula is C26H21Br4N3O3. The van der Waals surface area contributed by atoms with E-state index in [-0.39, 0.29) is 5.56 Å². The van der Waals surface area contributed by atoms with Gasteiger partial charge in [-0.15, -0.1) is 0 Å². The van der Waals surface area contributed by atoms with Crippen LogP contribution in [0.2, 0.25) is 0 Å². The van der Waals surface area contributed by atoms with E-state index in [0.29, 0.717) is 52.3 Å². The van der Waals surface area contributed by atoms with Crippen LogP contribution in [0.5, 0.6) is 11.5 Å². The van der Waals surface area contributed by atoms with E-state index < -0.39 is 0 Å². The third kappa shape index (κ3) is 6.10. The minimum atomic E-state index is -0.224. The average molecular weight is 743 g/mol. The van der Waals surface area contributed by atoms with Crippen molar-refractivity contribution in [3.8, 4) is 11.5 Å². The maximum absolute atomic E-state index is 13.2. The molecule has 6 nitrogen and oxygen atoms in total. The van der Waals surface area contributed by atoms with Crippen molar-refractivity contribution < 1.29 is 9.47 Å². The fourth-order valence-electron chi connectivity index (χ4n) is 3.52. The third-order valence-electron chi connectivity index (χ3n) is 5.23. The fraction of sp³-hybridized carbons (Fsp3) is 0.192. The van der Waals surface area contributed by atoms with Crippen LogP contribution in [0.1, 0.15) is 30.8 Å². The molecule has 36 heavy (non-hydrogen) atoms. The lowest BCUT2D eigenvalue weighted by Gasteiger charge is -2.15. The maximum atomic E-state index is 13.2. The van der Waals surface area contributed by atoms with Crippen LogP contribution >= 0.6 is 63.7 Å². The van der Waals surface area contributed by atoms with Gasteiger partial charge >= 0.3 is 0 Å². The summed E-state index contributed by atoms with van der Waals surface area (Å²) in [6.07, 6.45) is 2.18. The second-order valence-electron chi connectivity index (χ2n) is 7.69. The summed E-state index contributed by atoms with van der Waals surface area (Å²) in [7, 11) is 0. The molecule has 0 saturated heterocycles. The van der Waals surface area contributed by atoms with Gasteiger partial charge in [0.15, 0.2) is 11.5 Å². The number of benzene rings is 3. The van der Waals surface area contributed by atoms with E-state index in [2.05, 4.69) is 73.8 Å². The average Bonchev–Trinajstić information content (AvgIpc) is 2.84. The third-order valence-corrected chi connectivity index (χ3v) is 7.55. The van der Waals surface area contributed by atoms with Gasteiger partial charge in [-0.1, -0.05) is 60.8 Å². The summed E-state index contributed by atoms with van der Waals surface area (Å²) in [6.45, 7) is 4.68. The zero-order chi connectivity index (χ0) is 25.8. The van der Waals surface area contributed by atoms with Gasteiger partial charge in [0.1, 0.15) is 12.4 Å². The standard InChI is InChI=1S/C26H21Br4N3O3/c1-3-24-32-22-8-7-17(27)11-19(22)26(34)33(24)31-13-15-9-21(30)25(23(10-15)35-4-2)36-14-16-5-6-18(28)12-20(16)29/h5-13H,3-4,14H2,1-2H3. The summed E-state index contributed by atoms with van der Waals surface area (Å²) >= 11 is 14.1. The summed E-state index contributed by atoms with van der Waals surface area (Å²) in [5.74, 6) is 1.74. The molecule has 0 amide bonds. The first-order valence-electron chi connectivity index (χ1n) is 11.1. The molecule has 0 spiro atoms. The van der Waals surface area contributed by atoms with Crippen LogP contribution in [-0.4, -0.2) is 22.5 Å². The van der Waals surface area contributed by atoms with Crippen molar-refractivity contribution in [2.75, 3.05) is 6.61 Å². The minimum absolute atomic E-state index is 0.224. The van der Waals surface area contributed by atoms with E-state index in [9.17, 15) is 4.79 Å². The molecule has 3 aromatic carbocycles. The SMILES string of the molecule is CCOc1cc(C=Nn2c(CC)nc3ccc(Br)cc3c2=O)cc(Br)c1OCc1ccc(Br)cc1Br. The van der Waals surface area contributed by atoms with Crippen molar-refractivity contribution in [2.45, 2.75) is 26.9 Å². The predicted molar refractivity (Wildman–Crippen MR) is 158 cm³/mol. The van der Waals surface area contributed by atoms with Crippen molar-refractivity contribution in [2.24, 2.45) is 5.10 Å². The molecule has 4 aromatic rings. The first-order chi connectivity index (χ1) is 17.3. The van der Waals surface area contributed by atoms with E-state index in [1.165, 1.54) is 4.68 Å². The molecule has 10 heteroatoms. The molecule has 0 N–H and O–H groups in total. The Balaban J connectivity index is 1.67. The normalized spacial score (nSPS) is 11.4. The van der Waals surface area contributed by atoms with Crippen LogP contribution in [0.15, 0.2) is 76.3 Å². The molecule has 0 unspecified atom stereocenters. The van der Waals surface area contributed by atoms with Crippen molar-refractivity contribution in [3.05, 3.63) is 93.7 Å². The number of ether oxygens (including phenoxy) is 2. The van der Waals surface area contributed by atoms with Crippen molar-refractivity contribution in [3.63, 3.8) is 0 Å². The van der Waals surface area contributed by atoms with Crippen LogP contribution in [0.4, 0.5) is 0 Å². The summed E-state index contributed by atoms with van der Waals surface area (Å²) in [6, 6.07) is 15.1. The molecule has 0 bridgehead atoms. The Bertz CT molecular complexity index is 1520. The molecule has 4 rings (SSSR count). The minimum Gasteiger partial charge on any atom is -0.490 e. The van der Waals surface area contributed by atoms with E-state index >= 15 is 0 Å². The number of aryl methyl sites for hydroxylation is 1. The van der Waals surface area contributed by atoms with Gasteiger partial charge in [0, 0.05) is 25.4 Å². The van der Waals surface area contributed by atoms with Crippen LogP contribution < -0.4 is 15.0 Å². The lowest BCUT2D eigenvalue weighted by molar-refractivity contribution is 0.267. The van der Waals surface area contributed by atoms with Gasteiger partial charge in [0.25, 0.3) is 5.56 Å². The van der Waals surface area contributed by atoms with Gasteiger partial charge in [-0.05, 0) is 70.9 Å². The van der Waals surface area contributed by atoms with Crippen molar-refractivity contribution in [1.29, 1.82) is 0 Å². The molecule has 1 heterocycles. The van der Waals surface area contributed by atoms with E-state index in [1.807, 2.05) is 56.3 Å². The Labute approximate surface area is 242 Å². The number of aromatic nitrogens is 2. The molecular weight excluding hydrogens is 722 g/mol. The van der Waals surface area contributed by atoms with Crippen molar-refractivity contribution >= 4 is 80.8 Å². The van der Waals surface area contributed by atoms with Gasteiger partial charge in [-0.2, -0.15) is 9.78 Å². The first kappa shape index (κ1) is 27.0. The molecule has 0 atom stereocenters. The zero-order valence-corrected chi connectivity index (χ0v) is 25.7. The number of hydrogen-bond acceptors (Lipinski definition) is 5. The summed E-state index contributed by atoms with van der Waals surface area (Å²) in [5.41, 5.74) is 2.16. The number of fused-ring (bicyclic) bond motifs is 1. The Morgan fingerprint density at radius 3 is 2.42 bits per heavy atom. The second kappa shape index (κ2) is 12.0. The largest absolute Gasteiger partial charge is 0.490 e. The molecule has 0 fully saturated rings. The van der Waals surface area contributed by atoms with Crippen LogP contribution in [0.3, 0.4) is 0 Å². The highest BCUT2D eigenvalue weighted by molar-refractivity contribution is 9.11. The molecule has 1 aromatic heterocycles. The van der Waals surface area contributed by atoms with Crippen LogP contribution in [0, 0.1) is 0 Å². The summed E-state index contributed by atoms with van der Waals surface area (Å²) in [5, 5.41) is 4.98. The van der Waals surface area contributed by atoms with E-state index in [0.717, 1.165) is 24.5 Å². The molecule has 0 radical (unpaired) electrons. The topological polar surface area (TPSA) is 65.7 Å². The highest BCUT2D eigenvalue weighted by atomic mass is 79.9. The van der Waals surface area contributed by atoms with Crippen LogP contribution in [-0.2, 0) is 13.0 Å². The second-order valence-corrected chi connectivity index (χ2v) is 11.2. The van der Waals surface area contributed by atoms with Crippen LogP contribution in [0.25, 0.3) is 10.9 Å². The highest BCUT2D eigenvalue weighted by Crippen LogP contribution is 2.37. The zero-order valence-electron chi connectivity index (χ0n) is 19.4. The Morgan fingerprint density at radius 1 is 0.944 bits per heavy atom. The van der Waals surface area contributed by atoms with Gasteiger partial charge in [-0.25, -0.2) is 4.98 Å². The van der Waals surface area contributed by atoms with Gasteiger partial charge < -0.3 is 9.47 Å². The Morgan fingerprint density at radius 2 is 1.69 bits per heavy atom. The fourth-order valence-corrected chi connectivity index (χ4v) is 5.62. The number of rotatable bonds is 8. The molecule has 186 valence electrons. The molecule has 0 aliphatic rings. The smallest absolute Gasteiger partial charge is 0.282 e. The van der Waals surface area contributed by atoms with E-state index in [1.54, 1.807) is 12.3 Å². The maximum Gasteiger partial charge on any atom is 0.282 e. The molecule has 0 aliphatic heterocycles. The first-order valence-corrected chi connectivity index (χ1v) is 14.3. The molecule has 0 aliphatic carbocycles. The number of halogens is 4. The number of hydrogen-bond donors (Lipinski definition) is 0. The van der Waals surface area contributed by atoms with E-state index in [4.69, 9.17) is 9.47 Å². The highest BCUT2D eigenvalue weighted by Gasteiger charge is 2.14. The van der Waals surface area contributed by atoms with Gasteiger partial charge in [0.2, 0.25) is 0 Å². The quantitative estimate of drug-likeness (QED) is 0.173. The lowest BCUT2D eigenvalue weighted by Crippen LogP contribution is -2.22. The number of nitrogens with zero attached hydrogens (tertiary/aromatic N) is 3. The van der Waals surface area contributed by atoms with Gasteiger partial charge in [0.05, 0.1) is 28.2 Å². The predicted octanol–water partition coefficient (Wildman–Crippen LogP) is 7.87. The Kier molecular flexibility index (Phi) is 9.03. The summed E-state index contributed by atoms with van der Waals surface area (Å²) < 4.78 is 16.8. The Hall–Kier alpha value is -2.01. The van der Waals surface area contributed by atoms with Gasteiger partial charge in [-0.3, -0.25) is 4.79 Å². The molecule has 0 saturated carbocycles. The van der Waals surface area contributed by atoms with Crippen molar-refractivity contribution in [1.82, 2.24) is 9.66 Å². The summed E-state index contributed by atoms with van der Waals surface area (Å²) in [4.78, 5) is 17.8. The monoisotopic (exact) mass is 739 g/mol. The lowest BCUT2D eigenvalue weighted by atomic mass is 10.2.